The number of halogens is 1. The van der Waals surface area contributed by atoms with Gasteiger partial charge in [0.25, 0.3) is 0 Å². The second-order valence-corrected chi connectivity index (χ2v) is 6.04. The molecule has 1 saturated heterocycles. The molecule has 1 fully saturated rings. The SMILES string of the molecule is CCCC1CCCN(c2nc(NC)ncc2Br)CC1. The summed E-state index contributed by atoms with van der Waals surface area (Å²) in [4.78, 5) is 11.2. The molecule has 5 heteroatoms. The highest BCUT2D eigenvalue weighted by atomic mass is 79.9. The van der Waals surface area contributed by atoms with Crippen molar-refractivity contribution < 1.29 is 0 Å². The Labute approximate surface area is 124 Å². The van der Waals surface area contributed by atoms with E-state index < -0.39 is 0 Å². The first-order chi connectivity index (χ1) is 9.24. The molecule has 1 aliphatic rings. The van der Waals surface area contributed by atoms with Gasteiger partial charge in [-0.15, -0.1) is 0 Å². The van der Waals surface area contributed by atoms with Crippen LogP contribution in [0.2, 0.25) is 0 Å². The van der Waals surface area contributed by atoms with E-state index in [9.17, 15) is 0 Å². The Morgan fingerprint density at radius 1 is 1.42 bits per heavy atom. The van der Waals surface area contributed by atoms with Crippen molar-refractivity contribution in [3.05, 3.63) is 10.7 Å². The van der Waals surface area contributed by atoms with Crippen LogP contribution in [0.4, 0.5) is 11.8 Å². The Kier molecular flexibility index (Phi) is 5.43. The Hall–Kier alpha value is -0.840. The largest absolute Gasteiger partial charge is 0.357 e. The molecule has 1 atom stereocenters. The number of hydrogen-bond acceptors (Lipinski definition) is 4. The van der Waals surface area contributed by atoms with E-state index in [0.717, 1.165) is 29.3 Å². The molecule has 0 saturated carbocycles. The number of rotatable bonds is 4. The molecular weight excluding hydrogens is 304 g/mol. The maximum atomic E-state index is 4.58. The minimum Gasteiger partial charge on any atom is -0.357 e. The van der Waals surface area contributed by atoms with Crippen LogP contribution in [0.5, 0.6) is 0 Å². The van der Waals surface area contributed by atoms with Crippen LogP contribution in [0.1, 0.15) is 39.0 Å². The second kappa shape index (κ2) is 7.08. The van der Waals surface area contributed by atoms with Crippen molar-refractivity contribution in [1.82, 2.24) is 9.97 Å². The fraction of sp³-hybridized carbons (Fsp3) is 0.714. The maximum absolute atomic E-state index is 4.58. The molecule has 2 rings (SSSR count). The zero-order chi connectivity index (χ0) is 13.7. The predicted octanol–water partition coefficient (Wildman–Crippen LogP) is 3.69. The molecule has 106 valence electrons. The molecule has 1 unspecified atom stereocenters. The van der Waals surface area contributed by atoms with Gasteiger partial charge in [0, 0.05) is 26.3 Å². The lowest BCUT2D eigenvalue weighted by Gasteiger charge is -2.23. The van der Waals surface area contributed by atoms with Gasteiger partial charge >= 0.3 is 0 Å². The fourth-order valence-corrected chi connectivity index (χ4v) is 3.22. The van der Waals surface area contributed by atoms with Crippen LogP contribution in [0.15, 0.2) is 10.7 Å². The second-order valence-electron chi connectivity index (χ2n) is 5.19. The minimum absolute atomic E-state index is 0.688. The van der Waals surface area contributed by atoms with E-state index in [1.165, 1.54) is 32.1 Å². The normalized spacial score (nSPS) is 20.2. The van der Waals surface area contributed by atoms with Gasteiger partial charge in [-0.25, -0.2) is 4.98 Å². The van der Waals surface area contributed by atoms with Crippen LogP contribution >= 0.6 is 15.9 Å². The van der Waals surface area contributed by atoms with Gasteiger partial charge in [0.15, 0.2) is 0 Å². The first-order valence-electron chi connectivity index (χ1n) is 7.19. The monoisotopic (exact) mass is 326 g/mol. The highest BCUT2D eigenvalue weighted by Gasteiger charge is 2.19. The zero-order valence-corrected chi connectivity index (χ0v) is 13.4. The van der Waals surface area contributed by atoms with E-state index in [0.29, 0.717) is 5.95 Å². The van der Waals surface area contributed by atoms with Gasteiger partial charge in [-0.2, -0.15) is 4.98 Å². The molecule has 1 aliphatic heterocycles. The maximum Gasteiger partial charge on any atom is 0.224 e. The molecule has 0 aromatic carbocycles. The van der Waals surface area contributed by atoms with Crippen LogP contribution in [-0.2, 0) is 0 Å². The summed E-state index contributed by atoms with van der Waals surface area (Å²) in [5.41, 5.74) is 0. The lowest BCUT2D eigenvalue weighted by atomic mass is 9.96. The van der Waals surface area contributed by atoms with Crippen molar-refractivity contribution in [3.63, 3.8) is 0 Å². The van der Waals surface area contributed by atoms with E-state index in [4.69, 9.17) is 0 Å². The third-order valence-electron chi connectivity index (χ3n) is 3.79. The smallest absolute Gasteiger partial charge is 0.224 e. The molecule has 4 nitrogen and oxygen atoms in total. The molecular formula is C14H23BrN4. The van der Waals surface area contributed by atoms with Crippen LogP contribution in [-0.4, -0.2) is 30.1 Å². The first-order valence-corrected chi connectivity index (χ1v) is 7.99. The summed E-state index contributed by atoms with van der Waals surface area (Å²) in [7, 11) is 1.85. The van der Waals surface area contributed by atoms with Crippen molar-refractivity contribution in [2.75, 3.05) is 30.4 Å². The van der Waals surface area contributed by atoms with Gasteiger partial charge < -0.3 is 10.2 Å². The highest BCUT2D eigenvalue weighted by Crippen LogP contribution is 2.29. The zero-order valence-electron chi connectivity index (χ0n) is 11.8. The van der Waals surface area contributed by atoms with E-state index in [1.807, 2.05) is 13.2 Å². The van der Waals surface area contributed by atoms with E-state index in [-0.39, 0.29) is 0 Å². The van der Waals surface area contributed by atoms with Crippen molar-refractivity contribution >= 4 is 27.7 Å². The molecule has 2 heterocycles. The number of nitrogens with one attached hydrogen (secondary N) is 1. The first kappa shape index (κ1) is 14.6. The lowest BCUT2D eigenvalue weighted by Crippen LogP contribution is -2.26. The summed E-state index contributed by atoms with van der Waals surface area (Å²) in [6.07, 6.45) is 8.38. The summed E-state index contributed by atoms with van der Waals surface area (Å²) in [6.45, 7) is 4.48. The number of hydrogen-bond donors (Lipinski definition) is 1. The molecule has 1 N–H and O–H groups in total. The topological polar surface area (TPSA) is 41.1 Å². The van der Waals surface area contributed by atoms with Gasteiger partial charge in [0.1, 0.15) is 5.82 Å². The average molecular weight is 327 g/mol. The number of aromatic nitrogens is 2. The molecule has 0 spiro atoms. The molecule has 19 heavy (non-hydrogen) atoms. The standard InChI is InChI=1S/C14H23BrN4/c1-3-5-11-6-4-8-19(9-7-11)13-12(15)10-17-14(16-2)18-13/h10-11H,3-9H2,1-2H3,(H,16,17,18). The molecule has 0 aliphatic carbocycles. The van der Waals surface area contributed by atoms with Gasteiger partial charge in [-0.3, -0.25) is 0 Å². The Bertz CT molecular complexity index is 410. The lowest BCUT2D eigenvalue weighted by molar-refractivity contribution is 0.435. The van der Waals surface area contributed by atoms with E-state index in [1.54, 1.807) is 0 Å². The van der Waals surface area contributed by atoms with Crippen molar-refractivity contribution in [2.45, 2.75) is 39.0 Å². The van der Waals surface area contributed by atoms with Crippen LogP contribution in [0, 0.1) is 5.92 Å². The fourth-order valence-electron chi connectivity index (χ4n) is 2.77. The minimum atomic E-state index is 0.688. The molecule has 0 bridgehead atoms. The van der Waals surface area contributed by atoms with Crippen LogP contribution in [0.25, 0.3) is 0 Å². The molecule has 1 aromatic rings. The van der Waals surface area contributed by atoms with Crippen molar-refractivity contribution in [3.8, 4) is 0 Å². The summed E-state index contributed by atoms with van der Waals surface area (Å²) in [5.74, 6) is 2.60. The summed E-state index contributed by atoms with van der Waals surface area (Å²) >= 11 is 3.57. The van der Waals surface area contributed by atoms with E-state index >= 15 is 0 Å². The summed E-state index contributed by atoms with van der Waals surface area (Å²) in [5, 5.41) is 3.01. The van der Waals surface area contributed by atoms with Crippen molar-refractivity contribution in [1.29, 1.82) is 0 Å². The summed E-state index contributed by atoms with van der Waals surface area (Å²) in [6, 6.07) is 0. The van der Waals surface area contributed by atoms with Crippen LogP contribution < -0.4 is 10.2 Å². The molecule has 0 radical (unpaired) electrons. The average Bonchev–Trinajstić information content (AvgIpc) is 2.65. The van der Waals surface area contributed by atoms with Gasteiger partial charge in [-0.05, 0) is 41.1 Å². The number of anilines is 2. The third-order valence-corrected chi connectivity index (χ3v) is 4.35. The quantitative estimate of drug-likeness (QED) is 0.916. The van der Waals surface area contributed by atoms with E-state index in [2.05, 4.69) is 43.0 Å². The van der Waals surface area contributed by atoms with Gasteiger partial charge in [-0.1, -0.05) is 19.8 Å². The molecule has 0 amide bonds. The number of nitrogens with zero attached hydrogens (tertiary/aromatic N) is 3. The van der Waals surface area contributed by atoms with Crippen molar-refractivity contribution in [2.24, 2.45) is 5.92 Å². The van der Waals surface area contributed by atoms with Gasteiger partial charge in [0.2, 0.25) is 5.95 Å². The highest BCUT2D eigenvalue weighted by molar-refractivity contribution is 9.10. The predicted molar refractivity (Wildman–Crippen MR) is 83.7 cm³/mol. The summed E-state index contributed by atoms with van der Waals surface area (Å²) < 4.78 is 0.987. The Morgan fingerprint density at radius 3 is 3.00 bits per heavy atom. The van der Waals surface area contributed by atoms with Crippen LogP contribution in [0.3, 0.4) is 0 Å². The van der Waals surface area contributed by atoms with Gasteiger partial charge in [0.05, 0.1) is 4.47 Å². The third kappa shape index (κ3) is 3.81. The Balaban J connectivity index is 2.09. The Morgan fingerprint density at radius 2 is 2.26 bits per heavy atom. The molecule has 1 aromatic heterocycles.